The van der Waals surface area contributed by atoms with Crippen LogP contribution in [0.5, 0.6) is 0 Å². The van der Waals surface area contributed by atoms with Crippen LogP contribution in [-0.4, -0.2) is 45.2 Å². The number of aromatic amines is 1. The number of pyridine rings is 1. The van der Waals surface area contributed by atoms with Gasteiger partial charge in [-0.1, -0.05) is 19.3 Å². The molecule has 2 aromatic rings. The van der Waals surface area contributed by atoms with Crippen molar-refractivity contribution in [3.05, 3.63) is 47.5 Å². The Morgan fingerprint density at radius 3 is 2.70 bits per heavy atom. The molecule has 1 saturated carbocycles. The third-order valence-corrected chi connectivity index (χ3v) is 5.77. The Kier molecular flexibility index (Phi) is 5.82. The molecule has 1 atom stereocenters. The monoisotopic (exact) mass is 368 g/mol. The lowest BCUT2D eigenvalue weighted by molar-refractivity contribution is 0.0506. The van der Waals surface area contributed by atoms with Crippen molar-refractivity contribution in [3.63, 3.8) is 0 Å². The number of carbonyl (C=O) groups is 1. The van der Waals surface area contributed by atoms with E-state index in [1.54, 1.807) is 18.6 Å². The smallest absolute Gasteiger partial charge is 0.257 e. The number of nitrogens with one attached hydrogen (secondary N) is 1. The average molecular weight is 368 g/mol. The van der Waals surface area contributed by atoms with E-state index in [-0.39, 0.29) is 12.0 Å². The van der Waals surface area contributed by atoms with Crippen molar-refractivity contribution in [3.8, 4) is 0 Å². The number of H-pyrrole nitrogens is 1. The predicted molar refractivity (Wildman–Crippen MR) is 102 cm³/mol. The van der Waals surface area contributed by atoms with Crippen molar-refractivity contribution in [1.29, 1.82) is 0 Å². The molecule has 6 heteroatoms. The van der Waals surface area contributed by atoms with Crippen LogP contribution < -0.4 is 0 Å². The lowest BCUT2D eigenvalue weighted by Gasteiger charge is -2.27. The molecule has 144 valence electrons. The molecule has 0 aromatic carbocycles. The Morgan fingerprint density at radius 2 is 1.96 bits per heavy atom. The molecule has 0 spiro atoms. The predicted octanol–water partition coefficient (Wildman–Crippen LogP) is 3.67. The van der Waals surface area contributed by atoms with Gasteiger partial charge in [0.25, 0.3) is 5.91 Å². The maximum Gasteiger partial charge on any atom is 0.257 e. The normalized spacial score (nSPS) is 20.7. The first kappa shape index (κ1) is 18.2. The highest BCUT2D eigenvalue weighted by molar-refractivity contribution is 5.95. The van der Waals surface area contributed by atoms with Crippen molar-refractivity contribution >= 4 is 5.91 Å². The van der Waals surface area contributed by atoms with Gasteiger partial charge in [-0.3, -0.25) is 14.9 Å². The zero-order chi connectivity index (χ0) is 18.5. The summed E-state index contributed by atoms with van der Waals surface area (Å²) in [4.78, 5) is 19.5. The van der Waals surface area contributed by atoms with Crippen LogP contribution in [0.4, 0.5) is 0 Å². The molecular formula is C21H28N4O2. The highest BCUT2D eigenvalue weighted by Crippen LogP contribution is 2.33. The number of amides is 1. The highest BCUT2D eigenvalue weighted by Gasteiger charge is 2.28. The molecule has 1 amide bonds. The average Bonchev–Trinajstić information content (AvgIpc) is 3.40. The van der Waals surface area contributed by atoms with Crippen LogP contribution in [0.2, 0.25) is 0 Å². The summed E-state index contributed by atoms with van der Waals surface area (Å²) in [5, 5.41) is 7.36. The fourth-order valence-electron chi connectivity index (χ4n) is 4.30. The molecule has 2 fully saturated rings. The van der Waals surface area contributed by atoms with E-state index < -0.39 is 0 Å². The third kappa shape index (κ3) is 4.38. The lowest BCUT2D eigenvalue weighted by Crippen LogP contribution is -2.37. The van der Waals surface area contributed by atoms with Gasteiger partial charge in [0.1, 0.15) is 0 Å². The van der Waals surface area contributed by atoms with E-state index in [4.69, 9.17) is 4.74 Å². The van der Waals surface area contributed by atoms with Crippen LogP contribution in [0.25, 0.3) is 0 Å². The van der Waals surface area contributed by atoms with E-state index in [2.05, 4.69) is 15.2 Å². The Hall–Kier alpha value is -2.21. The first-order valence-corrected chi connectivity index (χ1v) is 10.1. The van der Waals surface area contributed by atoms with Crippen LogP contribution >= 0.6 is 0 Å². The van der Waals surface area contributed by atoms with Gasteiger partial charge in [0.05, 0.1) is 23.6 Å². The Balaban J connectivity index is 1.55. The quantitative estimate of drug-likeness (QED) is 0.844. The van der Waals surface area contributed by atoms with Gasteiger partial charge in [0, 0.05) is 38.0 Å². The molecule has 2 aromatic heterocycles. The molecule has 6 nitrogen and oxygen atoms in total. The van der Waals surface area contributed by atoms with Crippen LogP contribution in [0.3, 0.4) is 0 Å². The summed E-state index contributed by atoms with van der Waals surface area (Å²) in [5.41, 5.74) is 2.83. The Morgan fingerprint density at radius 1 is 1.15 bits per heavy atom. The topological polar surface area (TPSA) is 71.1 Å². The van der Waals surface area contributed by atoms with Gasteiger partial charge in [-0.05, 0) is 43.4 Å². The van der Waals surface area contributed by atoms with Crippen molar-refractivity contribution in [2.24, 2.45) is 0 Å². The summed E-state index contributed by atoms with van der Waals surface area (Å²) >= 11 is 0. The van der Waals surface area contributed by atoms with E-state index >= 15 is 0 Å². The highest BCUT2D eigenvalue weighted by atomic mass is 16.5. The van der Waals surface area contributed by atoms with Gasteiger partial charge in [0.2, 0.25) is 0 Å². The fourth-order valence-corrected chi connectivity index (χ4v) is 4.30. The number of ether oxygens (including phenoxy) is 1. The molecule has 1 aliphatic carbocycles. The lowest BCUT2D eigenvalue weighted by atomic mass is 9.85. The van der Waals surface area contributed by atoms with Crippen LogP contribution in [0, 0.1) is 0 Å². The summed E-state index contributed by atoms with van der Waals surface area (Å²) in [6, 6.07) is 3.93. The van der Waals surface area contributed by atoms with Gasteiger partial charge in [-0.15, -0.1) is 0 Å². The van der Waals surface area contributed by atoms with Crippen molar-refractivity contribution in [2.75, 3.05) is 13.2 Å². The fraction of sp³-hybridized carbons (Fsp3) is 0.571. The largest absolute Gasteiger partial charge is 0.376 e. The number of hydrogen-bond acceptors (Lipinski definition) is 4. The maximum atomic E-state index is 13.5. The SMILES string of the molecule is O=C(c1cn[nH]c1C1CCCCC1)N(Cc1ccncc1)C[C@@H]1CCCO1. The molecule has 1 aliphatic heterocycles. The number of hydrogen-bond donors (Lipinski definition) is 1. The van der Waals surface area contributed by atoms with Crippen LogP contribution in [0.15, 0.2) is 30.7 Å². The van der Waals surface area contributed by atoms with E-state index in [0.717, 1.165) is 49.1 Å². The number of carbonyl (C=O) groups excluding carboxylic acids is 1. The maximum absolute atomic E-state index is 13.5. The standard InChI is InChI=1S/C21H28N4O2/c26-21(19-13-23-24-20(19)17-5-2-1-3-6-17)25(15-18-7-4-12-27-18)14-16-8-10-22-11-9-16/h8-11,13,17-18H,1-7,12,14-15H2,(H,23,24)/t18-/m0/s1. The molecule has 2 aliphatic rings. The van der Waals surface area contributed by atoms with Gasteiger partial charge in [-0.25, -0.2) is 0 Å². The van der Waals surface area contributed by atoms with Crippen LogP contribution in [0.1, 0.15) is 72.5 Å². The van der Waals surface area contributed by atoms with Gasteiger partial charge < -0.3 is 9.64 Å². The summed E-state index contributed by atoms with van der Waals surface area (Å²) in [6.07, 6.45) is 13.5. The Labute approximate surface area is 160 Å². The molecule has 1 N–H and O–H groups in total. The summed E-state index contributed by atoms with van der Waals surface area (Å²) < 4.78 is 5.81. The molecule has 0 bridgehead atoms. The minimum atomic E-state index is 0.0524. The second-order valence-electron chi connectivity index (χ2n) is 7.71. The number of aromatic nitrogens is 3. The summed E-state index contributed by atoms with van der Waals surface area (Å²) in [5.74, 6) is 0.474. The van der Waals surface area contributed by atoms with Crippen LogP contribution in [-0.2, 0) is 11.3 Å². The third-order valence-electron chi connectivity index (χ3n) is 5.77. The van der Waals surface area contributed by atoms with Gasteiger partial charge in [-0.2, -0.15) is 5.10 Å². The summed E-state index contributed by atoms with van der Waals surface area (Å²) in [6.45, 7) is 1.98. The minimum absolute atomic E-state index is 0.0524. The van der Waals surface area contributed by atoms with Crippen molar-refractivity contribution in [2.45, 2.75) is 63.5 Å². The zero-order valence-corrected chi connectivity index (χ0v) is 15.8. The van der Waals surface area contributed by atoms with E-state index in [1.165, 1.54) is 19.3 Å². The molecular weight excluding hydrogens is 340 g/mol. The van der Waals surface area contributed by atoms with Gasteiger partial charge >= 0.3 is 0 Å². The second-order valence-corrected chi connectivity index (χ2v) is 7.71. The van der Waals surface area contributed by atoms with E-state index in [1.807, 2.05) is 17.0 Å². The molecule has 4 rings (SSSR count). The minimum Gasteiger partial charge on any atom is -0.376 e. The number of nitrogens with zero attached hydrogens (tertiary/aromatic N) is 3. The summed E-state index contributed by atoms with van der Waals surface area (Å²) in [7, 11) is 0. The first-order chi connectivity index (χ1) is 13.3. The van der Waals surface area contributed by atoms with Crippen molar-refractivity contribution < 1.29 is 9.53 Å². The van der Waals surface area contributed by atoms with E-state index in [0.29, 0.717) is 19.0 Å². The zero-order valence-electron chi connectivity index (χ0n) is 15.8. The molecule has 3 heterocycles. The van der Waals surface area contributed by atoms with Crippen molar-refractivity contribution in [1.82, 2.24) is 20.1 Å². The Bertz CT molecular complexity index is 734. The molecule has 0 radical (unpaired) electrons. The first-order valence-electron chi connectivity index (χ1n) is 10.1. The number of rotatable bonds is 6. The second kappa shape index (κ2) is 8.65. The molecule has 0 unspecified atom stereocenters. The van der Waals surface area contributed by atoms with E-state index in [9.17, 15) is 4.79 Å². The van der Waals surface area contributed by atoms with Gasteiger partial charge in [0.15, 0.2) is 0 Å². The molecule has 1 saturated heterocycles. The molecule has 27 heavy (non-hydrogen) atoms.